The molecule has 0 radical (unpaired) electrons. The summed E-state index contributed by atoms with van der Waals surface area (Å²) in [4.78, 5) is 13.6. The van der Waals surface area contributed by atoms with Gasteiger partial charge in [-0.3, -0.25) is 4.79 Å². The summed E-state index contributed by atoms with van der Waals surface area (Å²) >= 11 is 3.37. The van der Waals surface area contributed by atoms with E-state index in [2.05, 4.69) is 15.9 Å². The summed E-state index contributed by atoms with van der Waals surface area (Å²) in [5.74, 6) is -0.578. The Bertz CT molecular complexity index is 576. The van der Waals surface area contributed by atoms with Crippen molar-refractivity contribution in [1.29, 1.82) is 0 Å². The molecule has 0 aliphatic rings. The first-order chi connectivity index (χ1) is 9.52. The van der Waals surface area contributed by atoms with Crippen LogP contribution < -0.4 is 4.90 Å². The van der Waals surface area contributed by atoms with E-state index in [1.165, 1.54) is 4.90 Å². The summed E-state index contributed by atoms with van der Waals surface area (Å²) in [5, 5.41) is 0. The molecule has 0 N–H and O–H groups in total. The summed E-state index contributed by atoms with van der Waals surface area (Å²) in [7, 11) is 1.58. The molecule has 2 aromatic carbocycles. The van der Waals surface area contributed by atoms with Gasteiger partial charge in [0.2, 0.25) is 6.17 Å². The van der Waals surface area contributed by atoms with Gasteiger partial charge in [-0.15, -0.1) is 0 Å². The lowest BCUT2D eigenvalue weighted by Gasteiger charge is -2.21. The van der Waals surface area contributed by atoms with Crippen molar-refractivity contribution in [3.63, 3.8) is 0 Å². The number of likely N-dealkylation sites (N-methyl/N-ethyl adjacent to an activating group) is 1. The van der Waals surface area contributed by atoms with E-state index < -0.39 is 12.1 Å². The van der Waals surface area contributed by atoms with Crippen LogP contribution in [0.4, 0.5) is 10.1 Å². The molecular formula is C16H15BrFNO. The third-order valence-electron chi connectivity index (χ3n) is 3.22. The van der Waals surface area contributed by atoms with Gasteiger partial charge in [-0.1, -0.05) is 36.4 Å². The van der Waals surface area contributed by atoms with E-state index in [1.807, 2.05) is 24.3 Å². The van der Waals surface area contributed by atoms with E-state index in [4.69, 9.17) is 0 Å². The highest BCUT2D eigenvalue weighted by atomic mass is 79.9. The fourth-order valence-electron chi connectivity index (χ4n) is 2.02. The van der Waals surface area contributed by atoms with Gasteiger partial charge >= 0.3 is 0 Å². The first kappa shape index (κ1) is 14.7. The molecule has 0 fully saturated rings. The molecule has 1 amide bonds. The van der Waals surface area contributed by atoms with Gasteiger partial charge in [0, 0.05) is 11.5 Å². The van der Waals surface area contributed by atoms with Crippen LogP contribution in [0.25, 0.3) is 0 Å². The fraction of sp³-hybridized carbons (Fsp3) is 0.188. The largest absolute Gasteiger partial charge is 0.312 e. The summed E-state index contributed by atoms with van der Waals surface area (Å²) in [6, 6.07) is 14.3. The average Bonchev–Trinajstić information content (AvgIpc) is 2.46. The zero-order valence-electron chi connectivity index (χ0n) is 11.3. The Morgan fingerprint density at radius 2 is 1.75 bits per heavy atom. The number of aryl methyl sites for hydroxylation is 1. The highest BCUT2D eigenvalue weighted by Crippen LogP contribution is 2.29. The molecule has 2 aromatic rings. The van der Waals surface area contributed by atoms with E-state index in [-0.39, 0.29) is 0 Å². The van der Waals surface area contributed by atoms with Crippen LogP contribution in [0.1, 0.15) is 17.3 Å². The molecule has 104 valence electrons. The zero-order valence-corrected chi connectivity index (χ0v) is 12.9. The number of benzene rings is 2. The van der Waals surface area contributed by atoms with E-state index >= 15 is 0 Å². The first-order valence-corrected chi connectivity index (χ1v) is 7.03. The van der Waals surface area contributed by atoms with Gasteiger partial charge in [0.15, 0.2) is 0 Å². The standard InChI is InChI=1S/C16H15BrFNO/c1-11-7-3-4-8-12(11)15(18)16(20)19(2)14-10-6-5-9-13(14)17/h3-10,15H,1-2H3. The number of hydrogen-bond donors (Lipinski definition) is 0. The average molecular weight is 336 g/mol. The molecule has 2 rings (SSSR count). The van der Waals surface area contributed by atoms with Crippen molar-refractivity contribution in [3.05, 3.63) is 64.1 Å². The quantitative estimate of drug-likeness (QED) is 0.812. The van der Waals surface area contributed by atoms with Gasteiger partial charge in [-0.2, -0.15) is 0 Å². The Morgan fingerprint density at radius 1 is 1.15 bits per heavy atom. The van der Waals surface area contributed by atoms with E-state index in [1.54, 1.807) is 38.2 Å². The lowest BCUT2D eigenvalue weighted by Crippen LogP contribution is -2.30. The second kappa shape index (κ2) is 6.18. The minimum Gasteiger partial charge on any atom is -0.312 e. The lowest BCUT2D eigenvalue weighted by molar-refractivity contribution is -0.123. The molecule has 0 aliphatic carbocycles. The van der Waals surface area contributed by atoms with E-state index in [0.29, 0.717) is 11.3 Å². The van der Waals surface area contributed by atoms with Crippen molar-refractivity contribution in [2.24, 2.45) is 0 Å². The Morgan fingerprint density at radius 3 is 2.40 bits per heavy atom. The smallest absolute Gasteiger partial charge is 0.265 e. The van der Waals surface area contributed by atoms with Gasteiger partial charge in [0.1, 0.15) is 0 Å². The van der Waals surface area contributed by atoms with Crippen molar-refractivity contribution in [1.82, 2.24) is 0 Å². The molecule has 0 aliphatic heterocycles. The zero-order chi connectivity index (χ0) is 14.7. The molecule has 20 heavy (non-hydrogen) atoms. The third-order valence-corrected chi connectivity index (χ3v) is 3.89. The van der Waals surface area contributed by atoms with Crippen molar-refractivity contribution in [3.8, 4) is 0 Å². The number of para-hydroxylation sites is 1. The van der Waals surface area contributed by atoms with Crippen LogP contribution in [-0.4, -0.2) is 13.0 Å². The van der Waals surface area contributed by atoms with E-state index in [9.17, 15) is 9.18 Å². The summed E-state index contributed by atoms with van der Waals surface area (Å²) in [6.07, 6.45) is -1.66. The van der Waals surface area contributed by atoms with Crippen LogP contribution in [0.15, 0.2) is 53.0 Å². The maximum Gasteiger partial charge on any atom is 0.265 e. The number of halogens is 2. The predicted molar refractivity (Wildman–Crippen MR) is 82.6 cm³/mol. The monoisotopic (exact) mass is 335 g/mol. The number of hydrogen-bond acceptors (Lipinski definition) is 1. The van der Waals surface area contributed by atoms with Crippen molar-refractivity contribution >= 4 is 27.5 Å². The number of carbonyl (C=O) groups is 1. The van der Waals surface area contributed by atoms with Gasteiger partial charge in [-0.25, -0.2) is 4.39 Å². The highest BCUT2D eigenvalue weighted by Gasteiger charge is 2.26. The highest BCUT2D eigenvalue weighted by molar-refractivity contribution is 9.10. The lowest BCUT2D eigenvalue weighted by atomic mass is 10.0. The first-order valence-electron chi connectivity index (χ1n) is 6.24. The van der Waals surface area contributed by atoms with Crippen LogP contribution in [0.3, 0.4) is 0 Å². The molecule has 1 atom stereocenters. The topological polar surface area (TPSA) is 20.3 Å². The Balaban J connectivity index is 2.28. The Kier molecular flexibility index (Phi) is 4.55. The predicted octanol–water partition coefficient (Wildman–Crippen LogP) is 4.43. The van der Waals surface area contributed by atoms with Crippen molar-refractivity contribution in [2.45, 2.75) is 13.1 Å². The molecule has 1 unspecified atom stereocenters. The number of rotatable bonds is 3. The SMILES string of the molecule is Cc1ccccc1C(F)C(=O)N(C)c1ccccc1Br. The van der Waals surface area contributed by atoms with Gasteiger partial charge in [0.05, 0.1) is 5.69 Å². The molecule has 0 saturated heterocycles. The molecule has 0 bridgehead atoms. The van der Waals surface area contributed by atoms with Crippen LogP contribution in [0.2, 0.25) is 0 Å². The summed E-state index contributed by atoms with van der Waals surface area (Å²) in [5.41, 5.74) is 1.83. The van der Waals surface area contributed by atoms with Crippen LogP contribution in [0, 0.1) is 6.92 Å². The maximum absolute atomic E-state index is 14.5. The van der Waals surface area contributed by atoms with Crippen molar-refractivity contribution in [2.75, 3.05) is 11.9 Å². The second-order valence-corrected chi connectivity index (χ2v) is 5.42. The molecule has 4 heteroatoms. The van der Waals surface area contributed by atoms with Crippen LogP contribution in [-0.2, 0) is 4.79 Å². The third kappa shape index (κ3) is 2.90. The Hall–Kier alpha value is -1.68. The molecular weight excluding hydrogens is 321 g/mol. The van der Waals surface area contributed by atoms with Gasteiger partial charge < -0.3 is 4.90 Å². The number of nitrogens with zero attached hydrogens (tertiary/aromatic N) is 1. The normalized spacial score (nSPS) is 12.0. The maximum atomic E-state index is 14.5. The number of alkyl halides is 1. The second-order valence-electron chi connectivity index (χ2n) is 4.57. The van der Waals surface area contributed by atoms with Gasteiger partial charge in [-0.05, 0) is 46.1 Å². The minimum absolute atomic E-state index is 0.413. The minimum atomic E-state index is -1.66. The molecule has 0 heterocycles. The number of carbonyl (C=O) groups excluding carboxylic acids is 1. The number of anilines is 1. The van der Waals surface area contributed by atoms with Gasteiger partial charge in [0.25, 0.3) is 5.91 Å². The summed E-state index contributed by atoms with van der Waals surface area (Å²) < 4.78 is 15.2. The molecule has 2 nitrogen and oxygen atoms in total. The fourth-order valence-corrected chi connectivity index (χ4v) is 2.57. The molecule has 0 aromatic heterocycles. The van der Waals surface area contributed by atoms with Crippen LogP contribution in [0.5, 0.6) is 0 Å². The van der Waals surface area contributed by atoms with Crippen molar-refractivity contribution < 1.29 is 9.18 Å². The molecule has 0 spiro atoms. The number of amides is 1. The van der Waals surface area contributed by atoms with Crippen LogP contribution >= 0.6 is 15.9 Å². The van der Waals surface area contributed by atoms with E-state index in [0.717, 1.165) is 10.0 Å². The molecule has 0 saturated carbocycles. The Labute approximate surface area is 126 Å². The summed E-state index contributed by atoms with van der Waals surface area (Å²) in [6.45, 7) is 1.80.